The Labute approximate surface area is 145 Å². The molecule has 8 nitrogen and oxygen atoms in total. The minimum absolute atomic E-state index is 0.169. The monoisotopic (exact) mass is 350 g/mol. The van der Waals surface area contributed by atoms with Gasteiger partial charge in [0.1, 0.15) is 5.75 Å². The molecule has 1 aliphatic rings. The van der Waals surface area contributed by atoms with E-state index in [1.165, 1.54) is 0 Å². The summed E-state index contributed by atoms with van der Waals surface area (Å²) < 4.78 is 10.0. The Morgan fingerprint density at radius 2 is 1.84 bits per heavy atom. The summed E-state index contributed by atoms with van der Waals surface area (Å²) in [5.41, 5.74) is 0.592. The van der Waals surface area contributed by atoms with Gasteiger partial charge in [-0.05, 0) is 44.0 Å². The van der Waals surface area contributed by atoms with Crippen LogP contribution < -0.4 is 10.1 Å². The Kier molecular flexibility index (Phi) is 6.62. The number of benzene rings is 1. The second-order valence-electron chi connectivity index (χ2n) is 5.65. The zero-order valence-corrected chi connectivity index (χ0v) is 14.1. The van der Waals surface area contributed by atoms with Crippen LogP contribution in [0.3, 0.4) is 0 Å². The fourth-order valence-electron chi connectivity index (χ4n) is 2.51. The van der Waals surface area contributed by atoms with E-state index < -0.39 is 11.9 Å². The van der Waals surface area contributed by atoms with Crippen LogP contribution in [-0.2, 0) is 14.3 Å². The fourth-order valence-corrected chi connectivity index (χ4v) is 2.51. The number of rotatable bonds is 6. The van der Waals surface area contributed by atoms with Gasteiger partial charge in [-0.2, -0.15) is 0 Å². The van der Waals surface area contributed by atoms with Gasteiger partial charge < -0.3 is 24.8 Å². The van der Waals surface area contributed by atoms with Crippen molar-refractivity contribution in [2.75, 3.05) is 31.6 Å². The summed E-state index contributed by atoms with van der Waals surface area (Å²) >= 11 is 0. The number of hydrogen-bond acceptors (Lipinski definition) is 5. The lowest BCUT2D eigenvalue weighted by Crippen LogP contribution is -2.42. The van der Waals surface area contributed by atoms with Gasteiger partial charge in [0.05, 0.1) is 12.5 Å². The lowest BCUT2D eigenvalue weighted by atomic mass is 9.97. The van der Waals surface area contributed by atoms with E-state index in [2.05, 4.69) is 5.32 Å². The van der Waals surface area contributed by atoms with Crippen LogP contribution in [0.15, 0.2) is 24.3 Å². The predicted octanol–water partition coefficient (Wildman–Crippen LogP) is 1.96. The van der Waals surface area contributed by atoms with Crippen molar-refractivity contribution in [1.29, 1.82) is 0 Å². The highest BCUT2D eigenvalue weighted by Gasteiger charge is 2.26. The summed E-state index contributed by atoms with van der Waals surface area (Å²) in [7, 11) is 0. The minimum Gasteiger partial charge on any atom is -0.482 e. The summed E-state index contributed by atoms with van der Waals surface area (Å²) in [6.45, 7) is 2.70. The molecule has 2 amide bonds. The number of urea groups is 1. The Morgan fingerprint density at radius 1 is 1.20 bits per heavy atom. The zero-order valence-electron chi connectivity index (χ0n) is 14.1. The number of esters is 1. The van der Waals surface area contributed by atoms with Crippen LogP contribution in [0, 0.1) is 5.92 Å². The van der Waals surface area contributed by atoms with Gasteiger partial charge in [-0.15, -0.1) is 0 Å². The number of carbonyl (C=O) groups is 3. The fraction of sp³-hybridized carbons (Fsp3) is 0.471. The topological polar surface area (TPSA) is 105 Å². The molecular formula is C17H22N2O6. The largest absolute Gasteiger partial charge is 0.482 e. The first-order valence-corrected chi connectivity index (χ1v) is 8.16. The number of anilines is 1. The average molecular weight is 350 g/mol. The maximum absolute atomic E-state index is 12.2. The van der Waals surface area contributed by atoms with Crippen LogP contribution in [-0.4, -0.2) is 54.3 Å². The molecule has 1 aromatic carbocycles. The van der Waals surface area contributed by atoms with Crippen LogP contribution in [0.4, 0.5) is 10.5 Å². The molecule has 0 bridgehead atoms. The number of ether oxygens (including phenoxy) is 2. The van der Waals surface area contributed by atoms with Crippen molar-refractivity contribution in [3.05, 3.63) is 24.3 Å². The van der Waals surface area contributed by atoms with Gasteiger partial charge in [0.15, 0.2) is 6.61 Å². The normalized spacial score (nSPS) is 14.7. The first-order chi connectivity index (χ1) is 12.0. The Balaban J connectivity index is 1.79. The highest BCUT2D eigenvalue weighted by atomic mass is 16.6. The van der Waals surface area contributed by atoms with Gasteiger partial charge in [-0.1, -0.05) is 0 Å². The lowest BCUT2D eigenvalue weighted by molar-refractivity contribution is -0.145. The van der Waals surface area contributed by atoms with Gasteiger partial charge in [0.25, 0.3) is 0 Å². The lowest BCUT2D eigenvalue weighted by Gasteiger charge is -2.30. The molecule has 0 aromatic heterocycles. The van der Waals surface area contributed by atoms with Crippen molar-refractivity contribution in [1.82, 2.24) is 4.90 Å². The molecule has 1 aromatic rings. The number of likely N-dealkylation sites (tertiary alicyclic amines) is 1. The summed E-state index contributed by atoms with van der Waals surface area (Å²) in [5.74, 6) is -1.13. The van der Waals surface area contributed by atoms with E-state index in [9.17, 15) is 14.4 Å². The highest BCUT2D eigenvalue weighted by molar-refractivity contribution is 5.89. The Bertz CT molecular complexity index is 608. The number of aliphatic carboxylic acids is 1. The van der Waals surface area contributed by atoms with E-state index in [-0.39, 0.29) is 18.6 Å². The van der Waals surface area contributed by atoms with E-state index in [1.807, 2.05) is 0 Å². The number of carboxylic acid groups (broad SMARTS) is 1. The summed E-state index contributed by atoms with van der Waals surface area (Å²) in [6, 6.07) is 6.37. The third-order valence-electron chi connectivity index (χ3n) is 3.90. The second-order valence-corrected chi connectivity index (χ2v) is 5.65. The van der Waals surface area contributed by atoms with Crippen molar-refractivity contribution >= 4 is 23.7 Å². The van der Waals surface area contributed by atoms with Crippen LogP contribution in [0.1, 0.15) is 19.8 Å². The van der Waals surface area contributed by atoms with Crippen molar-refractivity contribution < 1.29 is 29.0 Å². The molecule has 1 aliphatic heterocycles. The number of piperidine rings is 1. The van der Waals surface area contributed by atoms with Crippen LogP contribution in [0.5, 0.6) is 5.75 Å². The zero-order chi connectivity index (χ0) is 18.2. The summed E-state index contributed by atoms with van der Waals surface area (Å²) in [6.07, 6.45) is 0.923. The molecule has 25 heavy (non-hydrogen) atoms. The van der Waals surface area contributed by atoms with E-state index >= 15 is 0 Å². The van der Waals surface area contributed by atoms with Gasteiger partial charge in [-0.3, -0.25) is 4.79 Å². The third kappa shape index (κ3) is 5.66. The molecule has 0 spiro atoms. The SMILES string of the molecule is CCOC(=O)COc1ccc(NC(=O)N2CCC(C(=O)O)CC2)cc1. The molecule has 2 N–H and O–H groups in total. The van der Waals surface area contributed by atoms with Gasteiger partial charge in [0.2, 0.25) is 0 Å². The van der Waals surface area contributed by atoms with E-state index in [0.29, 0.717) is 44.0 Å². The molecule has 0 unspecified atom stereocenters. The van der Waals surface area contributed by atoms with Gasteiger partial charge >= 0.3 is 18.0 Å². The maximum Gasteiger partial charge on any atom is 0.344 e. The smallest absolute Gasteiger partial charge is 0.344 e. The number of carboxylic acids is 1. The molecular weight excluding hydrogens is 328 g/mol. The average Bonchev–Trinajstić information content (AvgIpc) is 2.61. The molecule has 0 radical (unpaired) electrons. The second kappa shape index (κ2) is 8.91. The Morgan fingerprint density at radius 3 is 2.40 bits per heavy atom. The highest BCUT2D eigenvalue weighted by Crippen LogP contribution is 2.20. The molecule has 8 heteroatoms. The van der Waals surface area contributed by atoms with Crippen LogP contribution >= 0.6 is 0 Å². The standard InChI is InChI=1S/C17H22N2O6/c1-2-24-15(20)11-25-14-5-3-13(4-6-14)18-17(23)19-9-7-12(8-10-19)16(21)22/h3-6,12H,2,7-11H2,1H3,(H,18,23)(H,21,22). The molecule has 2 rings (SSSR count). The molecule has 136 valence electrons. The van der Waals surface area contributed by atoms with E-state index in [1.54, 1.807) is 36.1 Å². The molecule has 1 fully saturated rings. The molecule has 1 heterocycles. The first kappa shape index (κ1) is 18.6. The van der Waals surface area contributed by atoms with Crippen LogP contribution in [0.25, 0.3) is 0 Å². The molecule has 1 saturated heterocycles. The number of amides is 2. The van der Waals surface area contributed by atoms with Crippen molar-refractivity contribution in [3.63, 3.8) is 0 Å². The number of nitrogens with zero attached hydrogens (tertiary/aromatic N) is 1. The molecule has 0 atom stereocenters. The van der Waals surface area contributed by atoms with Gasteiger partial charge in [-0.25, -0.2) is 9.59 Å². The molecule has 0 aliphatic carbocycles. The van der Waals surface area contributed by atoms with E-state index in [4.69, 9.17) is 14.6 Å². The first-order valence-electron chi connectivity index (χ1n) is 8.16. The third-order valence-corrected chi connectivity index (χ3v) is 3.90. The van der Waals surface area contributed by atoms with Gasteiger partial charge in [0, 0.05) is 18.8 Å². The van der Waals surface area contributed by atoms with Crippen molar-refractivity contribution in [2.45, 2.75) is 19.8 Å². The number of nitrogens with one attached hydrogen (secondary N) is 1. The van der Waals surface area contributed by atoms with Crippen LogP contribution in [0.2, 0.25) is 0 Å². The number of carbonyl (C=O) groups excluding carboxylic acids is 2. The predicted molar refractivity (Wildman–Crippen MR) is 89.5 cm³/mol. The summed E-state index contributed by atoms with van der Waals surface area (Å²) in [5, 5.41) is 11.7. The van der Waals surface area contributed by atoms with E-state index in [0.717, 1.165) is 0 Å². The molecule has 0 saturated carbocycles. The maximum atomic E-state index is 12.2. The Hall–Kier alpha value is -2.77. The van der Waals surface area contributed by atoms with Crippen molar-refractivity contribution in [3.8, 4) is 5.75 Å². The minimum atomic E-state index is -0.807. The quantitative estimate of drug-likeness (QED) is 0.760. The van der Waals surface area contributed by atoms with Crippen molar-refractivity contribution in [2.24, 2.45) is 5.92 Å². The number of hydrogen-bond donors (Lipinski definition) is 2. The summed E-state index contributed by atoms with van der Waals surface area (Å²) in [4.78, 5) is 35.9.